The number of hydrogen-bond acceptors (Lipinski definition) is 4. The fourth-order valence-corrected chi connectivity index (χ4v) is 4.51. The summed E-state index contributed by atoms with van der Waals surface area (Å²) < 4.78 is 27.2. The molecule has 0 radical (unpaired) electrons. The molecule has 8 heteroatoms. The van der Waals surface area contributed by atoms with Crippen LogP contribution in [0.4, 0.5) is 14.5 Å². The molecule has 1 saturated heterocycles. The Morgan fingerprint density at radius 1 is 1.06 bits per heavy atom. The number of anilines is 1. The lowest BCUT2D eigenvalue weighted by atomic mass is 10.1. The first kappa shape index (κ1) is 21.5. The third-order valence-electron chi connectivity index (χ3n) is 6.10. The molecule has 2 aromatic heterocycles. The summed E-state index contributed by atoms with van der Waals surface area (Å²) in [5.41, 5.74) is 3.02. The minimum atomic E-state index is -0.555. The number of benzene rings is 1. The summed E-state index contributed by atoms with van der Waals surface area (Å²) in [6, 6.07) is 9.53. The van der Waals surface area contributed by atoms with Crippen LogP contribution in [-0.4, -0.2) is 47.1 Å². The number of hydrogen-bond donors (Lipinski definition) is 1. The van der Waals surface area contributed by atoms with E-state index in [2.05, 4.69) is 20.9 Å². The maximum absolute atomic E-state index is 14.1. The number of aromatic nitrogens is 2. The van der Waals surface area contributed by atoms with Crippen LogP contribution in [0, 0.1) is 11.6 Å². The van der Waals surface area contributed by atoms with Gasteiger partial charge >= 0.3 is 0 Å². The first-order valence-electron chi connectivity index (χ1n) is 10.2. The second kappa shape index (κ2) is 8.77. The number of nitrogens with zero attached hydrogens (tertiary/aromatic N) is 3. The predicted octanol–water partition coefficient (Wildman–Crippen LogP) is 3.99. The fourth-order valence-electron chi connectivity index (χ4n) is 4.51. The van der Waals surface area contributed by atoms with Crippen molar-refractivity contribution in [2.75, 3.05) is 31.1 Å². The van der Waals surface area contributed by atoms with Gasteiger partial charge in [-0.3, -0.25) is 14.7 Å². The molecule has 1 atom stereocenters. The maximum Gasteiger partial charge on any atom is 0.257 e. The predicted molar refractivity (Wildman–Crippen MR) is 121 cm³/mol. The Kier molecular flexibility index (Phi) is 6.07. The molecule has 3 aromatic rings. The normalized spacial score (nSPS) is 19.4. The van der Waals surface area contributed by atoms with Gasteiger partial charge in [-0.05, 0) is 48.7 Å². The molecule has 5 rings (SSSR count). The Morgan fingerprint density at radius 2 is 1.87 bits per heavy atom. The Balaban J connectivity index is 0.00000231. The molecule has 2 aliphatic rings. The molecule has 31 heavy (non-hydrogen) atoms. The summed E-state index contributed by atoms with van der Waals surface area (Å²) in [6.45, 7) is 3.00. The summed E-state index contributed by atoms with van der Waals surface area (Å²) in [5, 5.41) is 0.598. The van der Waals surface area contributed by atoms with E-state index < -0.39 is 11.6 Å². The third kappa shape index (κ3) is 4.20. The van der Waals surface area contributed by atoms with E-state index in [-0.39, 0.29) is 18.0 Å². The monoisotopic (exact) mass is 444 g/mol. The van der Waals surface area contributed by atoms with Gasteiger partial charge in [-0.1, -0.05) is 6.08 Å². The van der Waals surface area contributed by atoms with E-state index in [0.717, 1.165) is 43.3 Å². The quantitative estimate of drug-likeness (QED) is 0.663. The number of nitrogens with one attached hydrogen (secondary N) is 1. The fraction of sp³-hybridized carbons (Fsp3) is 0.304. The van der Waals surface area contributed by atoms with Crippen LogP contribution in [0.1, 0.15) is 18.5 Å². The highest BCUT2D eigenvalue weighted by molar-refractivity contribution is 5.85. The maximum atomic E-state index is 14.1. The van der Waals surface area contributed by atoms with Crippen LogP contribution in [0.2, 0.25) is 0 Å². The SMILES string of the molecule is Cl.O=c1[nH]c(C2=C[C@H](N3CCN(c4ccc(F)cc4F)CC3)CC2)cc2ncccc12. The number of halogens is 3. The largest absolute Gasteiger partial charge is 0.367 e. The van der Waals surface area contributed by atoms with E-state index in [0.29, 0.717) is 35.7 Å². The number of piperazine rings is 1. The topological polar surface area (TPSA) is 52.2 Å². The van der Waals surface area contributed by atoms with Crippen molar-refractivity contribution in [1.82, 2.24) is 14.9 Å². The Morgan fingerprint density at radius 3 is 2.65 bits per heavy atom. The highest BCUT2D eigenvalue weighted by atomic mass is 35.5. The van der Waals surface area contributed by atoms with Gasteiger partial charge in [0.15, 0.2) is 0 Å². The minimum absolute atomic E-state index is 0. The van der Waals surface area contributed by atoms with Crippen molar-refractivity contribution in [3.8, 4) is 0 Å². The van der Waals surface area contributed by atoms with E-state index in [1.165, 1.54) is 12.1 Å². The first-order chi connectivity index (χ1) is 14.6. The van der Waals surface area contributed by atoms with E-state index in [1.54, 1.807) is 18.3 Å². The molecule has 1 aliphatic heterocycles. The third-order valence-corrected chi connectivity index (χ3v) is 6.10. The lowest BCUT2D eigenvalue weighted by molar-refractivity contribution is 0.214. The standard InChI is InChI=1S/C23H22F2N4O.ClH/c24-16-4-6-22(19(25)13-16)29-10-8-28(9-11-29)17-5-3-15(12-17)20-14-21-18(23(30)27-20)2-1-7-26-21;/h1-2,4,6-7,12-14,17H,3,5,8-11H2,(H,27,30);1H/t17-;/m1./s1. The van der Waals surface area contributed by atoms with Gasteiger partial charge in [0.25, 0.3) is 5.56 Å². The average molecular weight is 445 g/mol. The van der Waals surface area contributed by atoms with Gasteiger partial charge in [0.2, 0.25) is 0 Å². The summed E-state index contributed by atoms with van der Waals surface area (Å²) in [5.74, 6) is -1.07. The highest BCUT2D eigenvalue weighted by Crippen LogP contribution is 2.31. The molecule has 1 aromatic carbocycles. The number of allylic oxidation sites excluding steroid dienone is 1. The van der Waals surface area contributed by atoms with Gasteiger partial charge in [-0.15, -0.1) is 12.4 Å². The van der Waals surface area contributed by atoms with Gasteiger partial charge < -0.3 is 9.88 Å². The summed E-state index contributed by atoms with van der Waals surface area (Å²) in [7, 11) is 0. The molecular weight excluding hydrogens is 422 g/mol. The molecule has 0 bridgehead atoms. The number of rotatable bonds is 3. The zero-order valence-corrected chi connectivity index (χ0v) is 17.7. The second-order valence-electron chi connectivity index (χ2n) is 7.87. The Labute approximate surface area is 184 Å². The van der Waals surface area contributed by atoms with E-state index in [1.807, 2.05) is 11.0 Å². The van der Waals surface area contributed by atoms with Gasteiger partial charge in [-0.2, -0.15) is 0 Å². The lowest BCUT2D eigenvalue weighted by Crippen LogP contribution is -2.49. The number of pyridine rings is 2. The second-order valence-corrected chi connectivity index (χ2v) is 7.87. The van der Waals surface area contributed by atoms with Crippen molar-refractivity contribution in [3.63, 3.8) is 0 Å². The first-order valence-corrected chi connectivity index (χ1v) is 10.2. The van der Waals surface area contributed by atoms with Crippen molar-refractivity contribution < 1.29 is 8.78 Å². The van der Waals surface area contributed by atoms with Gasteiger partial charge in [0, 0.05) is 50.2 Å². The van der Waals surface area contributed by atoms with Crippen LogP contribution in [-0.2, 0) is 0 Å². The molecule has 1 aliphatic carbocycles. The van der Waals surface area contributed by atoms with Crippen LogP contribution in [0.15, 0.2) is 53.5 Å². The molecule has 1 fully saturated rings. The smallest absolute Gasteiger partial charge is 0.257 e. The van der Waals surface area contributed by atoms with E-state index in [9.17, 15) is 13.6 Å². The Bertz CT molecular complexity index is 1190. The minimum Gasteiger partial charge on any atom is -0.367 e. The summed E-state index contributed by atoms with van der Waals surface area (Å²) >= 11 is 0. The molecule has 5 nitrogen and oxygen atoms in total. The zero-order chi connectivity index (χ0) is 20.7. The molecule has 3 heterocycles. The van der Waals surface area contributed by atoms with E-state index >= 15 is 0 Å². The van der Waals surface area contributed by atoms with Gasteiger partial charge in [0.05, 0.1) is 16.6 Å². The van der Waals surface area contributed by atoms with Crippen molar-refractivity contribution in [1.29, 1.82) is 0 Å². The molecule has 0 amide bonds. The van der Waals surface area contributed by atoms with Crippen LogP contribution < -0.4 is 10.5 Å². The van der Waals surface area contributed by atoms with Crippen molar-refractivity contribution in [3.05, 3.63) is 76.4 Å². The molecule has 162 valence electrons. The molecule has 0 saturated carbocycles. The van der Waals surface area contributed by atoms with Crippen molar-refractivity contribution in [2.45, 2.75) is 18.9 Å². The molecule has 1 N–H and O–H groups in total. The summed E-state index contributed by atoms with van der Waals surface area (Å²) in [4.78, 5) is 24.0. The Hall–Kier alpha value is -2.77. The van der Waals surface area contributed by atoms with Crippen LogP contribution in [0.5, 0.6) is 0 Å². The van der Waals surface area contributed by atoms with Crippen molar-refractivity contribution >= 4 is 34.6 Å². The van der Waals surface area contributed by atoms with Crippen LogP contribution in [0.3, 0.4) is 0 Å². The van der Waals surface area contributed by atoms with Crippen LogP contribution in [0.25, 0.3) is 16.5 Å². The highest BCUT2D eigenvalue weighted by Gasteiger charge is 2.27. The zero-order valence-electron chi connectivity index (χ0n) is 16.9. The summed E-state index contributed by atoms with van der Waals surface area (Å²) in [6.07, 6.45) is 5.81. The number of aromatic amines is 1. The molecule has 0 unspecified atom stereocenters. The lowest BCUT2D eigenvalue weighted by Gasteiger charge is -2.38. The van der Waals surface area contributed by atoms with E-state index in [4.69, 9.17) is 0 Å². The molecule has 0 spiro atoms. The van der Waals surface area contributed by atoms with Crippen molar-refractivity contribution in [2.24, 2.45) is 0 Å². The number of H-pyrrole nitrogens is 1. The number of fused-ring (bicyclic) bond motifs is 1. The van der Waals surface area contributed by atoms with Crippen LogP contribution >= 0.6 is 12.4 Å². The molecular formula is C23H23ClF2N4O. The van der Waals surface area contributed by atoms with Gasteiger partial charge in [-0.25, -0.2) is 8.78 Å². The van der Waals surface area contributed by atoms with Gasteiger partial charge in [0.1, 0.15) is 11.6 Å². The average Bonchev–Trinajstić information content (AvgIpc) is 3.24.